The second kappa shape index (κ2) is 5.50. The fourth-order valence-corrected chi connectivity index (χ4v) is 2.69. The fraction of sp³-hybridized carbons (Fsp3) is 0.533. The molecule has 5 heteroatoms. The average molecular weight is 278 g/mol. The number of amides is 1. The number of piperazine rings is 1. The van der Waals surface area contributed by atoms with E-state index in [4.69, 9.17) is 4.74 Å². The first-order valence-corrected chi connectivity index (χ1v) is 7.02. The Labute approximate surface area is 118 Å². The van der Waals surface area contributed by atoms with E-state index in [1.165, 1.54) is 6.07 Å². The van der Waals surface area contributed by atoms with Crippen molar-refractivity contribution in [1.29, 1.82) is 0 Å². The van der Waals surface area contributed by atoms with Crippen LogP contribution in [0.2, 0.25) is 0 Å². The highest BCUT2D eigenvalue weighted by Gasteiger charge is 2.30. The first-order valence-electron chi connectivity index (χ1n) is 7.02. The minimum absolute atomic E-state index is 0.177. The van der Waals surface area contributed by atoms with Gasteiger partial charge in [0.2, 0.25) is 0 Å². The largest absolute Gasteiger partial charge is 0.378 e. The Bertz CT molecular complexity index is 509. The average Bonchev–Trinajstić information content (AvgIpc) is 2.37. The molecular formula is C15H19FN2O2. The second-order valence-electron chi connectivity index (χ2n) is 5.50. The van der Waals surface area contributed by atoms with Gasteiger partial charge in [-0.15, -0.1) is 0 Å². The smallest absolute Gasteiger partial charge is 0.256 e. The fourth-order valence-electron chi connectivity index (χ4n) is 2.69. The maximum atomic E-state index is 13.9. The summed E-state index contributed by atoms with van der Waals surface area (Å²) >= 11 is 0. The molecule has 2 aliphatic heterocycles. The van der Waals surface area contributed by atoms with E-state index in [9.17, 15) is 9.18 Å². The molecule has 4 nitrogen and oxygen atoms in total. The summed E-state index contributed by atoms with van der Waals surface area (Å²) in [6, 6.07) is 5.27. The molecule has 0 aromatic heterocycles. The molecule has 3 rings (SSSR count). The summed E-state index contributed by atoms with van der Waals surface area (Å²) in [5.41, 5.74) is 1.00. The zero-order valence-electron chi connectivity index (χ0n) is 11.6. The van der Waals surface area contributed by atoms with Crippen molar-refractivity contribution in [3.05, 3.63) is 35.1 Å². The Morgan fingerprint density at radius 3 is 2.50 bits per heavy atom. The van der Waals surface area contributed by atoms with Gasteiger partial charge in [-0.25, -0.2) is 4.39 Å². The number of carbonyl (C=O) groups excluding carboxylic acids is 1. The summed E-state index contributed by atoms with van der Waals surface area (Å²) in [6.45, 7) is 6.39. The molecule has 2 heterocycles. The number of hydrogen-bond acceptors (Lipinski definition) is 3. The van der Waals surface area contributed by atoms with Crippen LogP contribution in [-0.2, 0) is 4.74 Å². The lowest BCUT2D eigenvalue weighted by atomic mass is 10.1. The predicted molar refractivity (Wildman–Crippen MR) is 73.2 cm³/mol. The molecule has 1 amide bonds. The molecule has 1 aromatic carbocycles. The molecule has 0 unspecified atom stereocenters. The van der Waals surface area contributed by atoms with Crippen LogP contribution in [0.4, 0.5) is 4.39 Å². The van der Waals surface area contributed by atoms with E-state index in [1.54, 1.807) is 17.0 Å². The van der Waals surface area contributed by atoms with Gasteiger partial charge in [-0.2, -0.15) is 0 Å². The molecule has 2 saturated heterocycles. The quantitative estimate of drug-likeness (QED) is 0.817. The molecule has 1 aromatic rings. The van der Waals surface area contributed by atoms with Gasteiger partial charge < -0.3 is 9.64 Å². The van der Waals surface area contributed by atoms with Gasteiger partial charge in [0.25, 0.3) is 5.91 Å². The standard InChI is InChI=1S/C15H19FN2O2/c1-11-2-3-13(14(16)8-11)15(19)18-6-4-17(5-7-18)12-9-20-10-12/h2-3,8,12H,4-7,9-10H2,1H3. The minimum atomic E-state index is -0.426. The van der Waals surface area contributed by atoms with Crippen LogP contribution >= 0.6 is 0 Å². The van der Waals surface area contributed by atoms with Crippen LogP contribution < -0.4 is 0 Å². The van der Waals surface area contributed by atoms with E-state index in [-0.39, 0.29) is 11.5 Å². The molecule has 2 fully saturated rings. The third kappa shape index (κ3) is 2.55. The Balaban J connectivity index is 1.63. The van der Waals surface area contributed by atoms with Gasteiger partial charge in [-0.1, -0.05) is 6.07 Å². The lowest BCUT2D eigenvalue weighted by molar-refractivity contribution is -0.0746. The third-order valence-corrected chi connectivity index (χ3v) is 4.09. The maximum Gasteiger partial charge on any atom is 0.256 e. The normalized spacial score (nSPS) is 20.8. The molecule has 0 bridgehead atoms. The highest BCUT2D eigenvalue weighted by molar-refractivity contribution is 5.94. The summed E-state index contributed by atoms with van der Waals surface area (Å²) in [5, 5.41) is 0. The number of rotatable bonds is 2. The van der Waals surface area contributed by atoms with Crippen LogP contribution in [0, 0.1) is 12.7 Å². The Kier molecular flexibility index (Phi) is 3.72. The van der Waals surface area contributed by atoms with Crippen LogP contribution in [0.3, 0.4) is 0 Å². The summed E-state index contributed by atoms with van der Waals surface area (Å²) in [5.74, 6) is -0.628. The molecule has 0 radical (unpaired) electrons. The summed E-state index contributed by atoms with van der Waals surface area (Å²) in [7, 11) is 0. The summed E-state index contributed by atoms with van der Waals surface area (Å²) in [4.78, 5) is 16.4. The van der Waals surface area contributed by atoms with Gasteiger partial charge >= 0.3 is 0 Å². The van der Waals surface area contributed by atoms with Crippen molar-refractivity contribution in [3.8, 4) is 0 Å². The molecule has 0 aliphatic carbocycles. The van der Waals surface area contributed by atoms with Crippen LogP contribution in [0.15, 0.2) is 18.2 Å². The lowest BCUT2D eigenvalue weighted by Gasteiger charge is -2.42. The predicted octanol–water partition coefficient (Wildman–Crippen LogP) is 1.29. The molecule has 0 saturated carbocycles. The minimum Gasteiger partial charge on any atom is -0.378 e. The number of halogens is 1. The zero-order chi connectivity index (χ0) is 14.1. The Hall–Kier alpha value is -1.46. The van der Waals surface area contributed by atoms with Gasteiger partial charge in [0.1, 0.15) is 5.82 Å². The molecule has 108 valence electrons. The molecular weight excluding hydrogens is 259 g/mol. The van der Waals surface area contributed by atoms with Crippen molar-refractivity contribution in [2.75, 3.05) is 39.4 Å². The van der Waals surface area contributed by atoms with Crippen molar-refractivity contribution in [2.24, 2.45) is 0 Å². The lowest BCUT2D eigenvalue weighted by Crippen LogP contribution is -2.57. The number of aryl methyl sites for hydroxylation is 1. The number of ether oxygens (including phenoxy) is 1. The van der Waals surface area contributed by atoms with E-state index < -0.39 is 5.82 Å². The van der Waals surface area contributed by atoms with Crippen LogP contribution in [0.25, 0.3) is 0 Å². The molecule has 0 atom stereocenters. The molecule has 0 N–H and O–H groups in total. The highest BCUT2D eigenvalue weighted by atomic mass is 19.1. The SMILES string of the molecule is Cc1ccc(C(=O)N2CCN(C3COC3)CC2)c(F)c1. The Morgan fingerprint density at radius 1 is 1.25 bits per heavy atom. The third-order valence-electron chi connectivity index (χ3n) is 4.09. The Morgan fingerprint density at radius 2 is 1.95 bits per heavy atom. The molecule has 20 heavy (non-hydrogen) atoms. The van der Waals surface area contributed by atoms with Gasteiger partial charge in [0, 0.05) is 26.2 Å². The van der Waals surface area contributed by atoms with Crippen molar-refractivity contribution in [2.45, 2.75) is 13.0 Å². The highest BCUT2D eigenvalue weighted by Crippen LogP contribution is 2.17. The number of nitrogens with zero attached hydrogens (tertiary/aromatic N) is 2. The van der Waals surface area contributed by atoms with E-state index in [0.29, 0.717) is 19.1 Å². The first kappa shape index (κ1) is 13.5. The first-order chi connectivity index (χ1) is 9.65. The van der Waals surface area contributed by atoms with Crippen molar-refractivity contribution >= 4 is 5.91 Å². The van der Waals surface area contributed by atoms with Crippen LogP contribution in [0.5, 0.6) is 0 Å². The van der Waals surface area contributed by atoms with Crippen molar-refractivity contribution in [3.63, 3.8) is 0 Å². The van der Waals surface area contributed by atoms with Gasteiger partial charge in [-0.05, 0) is 24.6 Å². The van der Waals surface area contributed by atoms with E-state index in [2.05, 4.69) is 4.90 Å². The van der Waals surface area contributed by atoms with Crippen LogP contribution in [-0.4, -0.2) is 61.1 Å². The monoisotopic (exact) mass is 278 g/mol. The number of carbonyl (C=O) groups is 1. The van der Waals surface area contributed by atoms with Crippen molar-refractivity contribution in [1.82, 2.24) is 9.80 Å². The van der Waals surface area contributed by atoms with E-state index >= 15 is 0 Å². The van der Waals surface area contributed by atoms with Crippen LogP contribution in [0.1, 0.15) is 15.9 Å². The topological polar surface area (TPSA) is 32.8 Å². The molecule has 0 spiro atoms. The van der Waals surface area contributed by atoms with Gasteiger partial charge in [-0.3, -0.25) is 9.69 Å². The maximum absolute atomic E-state index is 13.9. The van der Waals surface area contributed by atoms with Gasteiger partial charge in [0.15, 0.2) is 0 Å². The molecule has 2 aliphatic rings. The second-order valence-corrected chi connectivity index (χ2v) is 5.50. The van der Waals surface area contributed by atoms with E-state index in [0.717, 1.165) is 31.9 Å². The van der Waals surface area contributed by atoms with E-state index in [1.807, 2.05) is 6.92 Å². The number of benzene rings is 1. The summed E-state index contributed by atoms with van der Waals surface area (Å²) < 4.78 is 19.0. The zero-order valence-corrected chi connectivity index (χ0v) is 11.6. The van der Waals surface area contributed by atoms with Crippen molar-refractivity contribution < 1.29 is 13.9 Å². The van der Waals surface area contributed by atoms with Gasteiger partial charge in [0.05, 0.1) is 24.8 Å². The summed E-state index contributed by atoms with van der Waals surface area (Å²) in [6.07, 6.45) is 0. The number of hydrogen-bond donors (Lipinski definition) is 0.